The monoisotopic (exact) mass is 342 g/mol. The van der Waals surface area contributed by atoms with Crippen molar-refractivity contribution < 1.29 is 33.0 Å². The van der Waals surface area contributed by atoms with Crippen LogP contribution in [0.3, 0.4) is 0 Å². The van der Waals surface area contributed by atoms with E-state index in [2.05, 4.69) is 10.6 Å². The molecule has 3 atom stereocenters. The number of anilines is 2. The number of hydrogen-bond acceptors (Lipinski definition) is 4. The van der Waals surface area contributed by atoms with Gasteiger partial charge in [0.05, 0.1) is 11.4 Å². The molecule has 7 nitrogen and oxygen atoms in total. The molecular formula is C15H16F2N2O5. The Morgan fingerprint density at radius 1 is 1.17 bits per heavy atom. The van der Waals surface area contributed by atoms with E-state index >= 15 is 0 Å². The largest absolute Gasteiger partial charge is 0.479 e. The first-order valence-electron chi connectivity index (χ1n) is 7.14. The summed E-state index contributed by atoms with van der Waals surface area (Å²) in [5.74, 6) is -4.89. The van der Waals surface area contributed by atoms with Gasteiger partial charge in [-0.25, -0.2) is 13.6 Å². The number of halogens is 2. The van der Waals surface area contributed by atoms with Crippen molar-refractivity contribution >= 4 is 29.2 Å². The first-order chi connectivity index (χ1) is 11.2. The van der Waals surface area contributed by atoms with Crippen molar-refractivity contribution in [2.45, 2.75) is 32.5 Å². The van der Waals surface area contributed by atoms with Crippen LogP contribution in [0.25, 0.3) is 0 Å². The predicted octanol–water partition coefficient (Wildman–Crippen LogP) is 1.74. The zero-order valence-electron chi connectivity index (χ0n) is 12.9. The minimum atomic E-state index is -1.18. The molecule has 0 bridgehead atoms. The number of nitrogens with one attached hydrogen (secondary N) is 2. The number of aliphatic carboxylic acids is 1. The fraction of sp³-hybridized carbons (Fsp3) is 0.400. The molecule has 0 aliphatic carbocycles. The SMILES string of the molecule is CC(=O)Nc1cc(NC(=O)[C@H]2C[C@@H](C)[C@H](C(=O)O)O2)c(F)cc1F. The lowest BCUT2D eigenvalue weighted by Crippen LogP contribution is -2.30. The first-order valence-corrected chi connectivity index (χ1v) is 7.14. The van der Waals surface area contributed by atoms with E-state index in [9.17, 15) is 23.2 Å². The highest BCUT2D eigenvalue weighted by Crippen LogP contribution is 2.29. The smallest absolute Gasteiger partial charge is 0.333 e. The van der Waals surface area contributed by atoms with Gasteiger partial charge in [-0.05, 0) is 18.4 Å². The number of carboxylic acids is 1. The standard InChI is InChI=1S/C15H16F2N2O5/c1-6-3-12(24-13(6)15(22)23)14(21)19-11-5-10(18-7(2)20)8(16)4-9(11)17/h4-6,12-13H,3H2,1-2H3,(H,18,20)(H,19,21)(H,22,23)/t6-,12-,13-/m1/s1. The maximum atomic E-state index is 13.8. The van der Waals surface area contributed by atoms with Gasteiger partial charge in [0.15, 0.2) is 6.10 Å². The predicted molar refractivity (Wildman–Crippen MR) is 79.4 cm³/mol. The number of hydrogen-bond donors (Lipinski definition) is 3. The number of carbonyl (C=O) groups is 3. The third-order valence-electron chi connectivity index (χ3n) is 3.57. The van der Waals surface area contributed by atoms with Crippen molar-refractivity contribution in [2.75, 3.05) is 10.6 Å². The van der Waals surface area contributed by atoms with Crippen LogP contribution in [0.2, 0.25) is 0 Å². The molecule has 0 radical (unpaired) electrons. The lowest BCUT2D eigenvalue weighted by molar-refractivity contribution is -0.152. The van der Waals surface area contributed by atoms with E-state index in [4.69, 9.17) is 9.84 Å². The second-order valence-electron chi connectivity index (χ2n) is 5.58. The molecule has 1 fully saturated rings. The van der Waals surface area contributed by atoms with Crippen LogP contribution in [0.4, 0.5) is 20.2 Å². The normalized spacial score (nSPS) is 22.9. The maximum absolute atomic E-state index is 13.8. The Morgan fingerprint density at radius 3 is 2.25 bits per heavy atom. The van der Waals surface area contributed by atoms with Crippen molar-refractivity contribution in [2.24, 2.45) is 5.92 Å². The van der Waals surface area contributed by atoms with Crippen LogP contribution in [0.15, 0.2) is 12.1 Å². The zero-order valence-corrected chi connectivity index (χ0v) is 12.9. The molecule has 1 saturated heterocycles. The Balaban J connectivity index is 2.14. The molecule has 0 saturated carbocycles. The van der Waals surface area contributed by atoms with Gasteiger partial charge in [0, 0.05) is 13.0 Å². The molecule has 1 heterocycles. The molecule has 1 aromatic rings. The molecule has 2 rings (SSSR count). The molecule has 9 heteroatoms. The summed E-state index contributed by atoms with van der Waals surface area (Å²) in [5, 5.41) is 13.4. The summed E-state index contributed by atoms with van der Waals surface area (Å²) in [7, 11) is 0. The van der Waals surface area contributed by atoms with Gasteiger partial charge in [-0.3, -0.25) is 9.59 Å². The molecule has 1 aliphatic heterocycles. The number of rotatable bonds is 4. The second kappa shape index (κ2) is 6.91. The molecule has 3 N–H and O–H groups in total. The van der Waals surface area contributed by atoms with E-state index in [0.29, 0.717) is 6.07 Å². The van der Waals surface area contributed by atoms with Crippen molar-refractivity contribution in [3.8, 4) is 0 Å². The lowest BCUT2D eigenvalue weighted by Gasteiger charge is -2.14. The average Bonchev–Trinajstić information content (AvgIpc) is 2.86. The van der Waals surface area contributed by atoms with Crippen molar-refractivity contribution in [1.29, 1.82) is 0 Å². The van der Waals surface area contributed by atoms with Gasteiger partial charge in [-0.15, -0.1) is 0 Å². The minimum absolute atomic E-state index is 0.157. The highest BCUT2D eigenvalue weighted by molar-refractivity contribution is 5.96. The van der Waals surface area contributed by atoms with Crippen LogP contribution in [-0.4, -0.2) is 35.1 Å². The zero-order chi connectivity index (χ0) is 18.0. The third kappa shape index (κ3) is 3.85. The van der Waals surface area contributed by atoms with Crippen LogP contribution in [0, 0.1) is 17.6 Å². The van der Waals surface area contributed by atoms with Gasteiger partial charge in [0.2, 0.25) is 5.91 Å². The van der Waals surface area contributed by atoms with Gasteiger partial charge in [-0.2, -0.15) is 0 Å². The van der Waals surface area contributed by atoms with E-state index in [0.717, 1.165) is 13.0 Å². The summed E-state index contributed by atoms with van der Waals surface area (Å²) in [6, 6.07) is 1.47. The van der Waals surface area contributed by atoms with Crippen molar-refractivity contribution in [3.05, 3.63) is 23.8 Å². The van der Waals surface area contributed by atoms with Gasteiger partial charge in [0.1, 0.15) is 17.7 Å². The minimum Gasteiger partial charge on any atom is -0.479 e. The van der Waals surface area contributed by atoms with Crippen LogP contribution in [0.1, 0.15) is 20.3 Å². The number of carbonyl (C=O) groups excluding carboxylic acids is 2. The number of ether oxygens (including phenoxy) is 1. The highest BCUT2D eigenvalue weighted by Gasteiger charge is 2.40. The van der Waals surface area contributed by atoms with Gasteiger partial charge < -0.3 is 20.5 Å². The second-order valence-corrected chi connectivity index (χ2v) is 5.58. The van der Waals surface area contributed by atoms with Crippen LogP contribution in [0.5, 0.6) is 0 Å². The maximum Gasteiger partial charge on any atom is 0.333 e. The highest BCUT2D eigenvalue weighted by atomic mass is 19.1. The lowest BCUT2D eigenvalue weighted by atomic mass is 10.0. The van der Waals surface area contributed by atoms with Gasteiger partial charge in [-0.1, -0.05) is 6.92 Å². The van der Waals surface area contributed by atoms with E-state index in [1.165, 1.54) is 0 Å². The van der Waals surface area contributed by atoms with Crippen LogP contribution in [-0.2, 0) is 19.1 Å². The topological polar surface area (TPSA) is 105 Å². The van der Waals surface area contributed by atoms with E-state index in [1.54, 1.807) is 6.92 Å². The number of carboxylic acid groups (broad SMARTS) is 1. The molecule has 130 valence electrons. The Hall–Kier alpha value is -2.55. The molecule has 0 aromatic heterocycles. The molecule has 24 heavy (non-hydrogen) atoms. The fourth-order valence-corrected chi connectivity index (χ4v) is 2.44. The summed E-state index contributed by atoms with van der Waals surface area (Å²) in [5.41, 5.74) is -0.636. The Labute approximate surface area is 136 Å². The van der Waals surface area contributed by atoms with E-state index in [1.807, 2.05) is 0 Å². The van der Waals surface area contributed by atoms with Crippen LogP contribution >= 0.6 is 0 Å². The summed E-state index contributed by atoms with van der Waals surface area (Å²) in [6.07, 6.45) is -2.02. The van der Waals surface area contributed by atoms with E-state index < -0.39 is 41.6 Å². The Morgan fingerprint density at radius 2 is 1.75 bits per heavy atom. The van der Waals surface area contributed by atoms with E-state index in [-0.39, 0.29) is 23.7 Å². The van der Waals surface area contributed by atoms with Gasteiger partial charge >= 0.3 is 5.97 Å². The number of benzene rings is 1. The molecule has 0 unspecified atom stereocenters. The Bertz CT molecular complexity index is 695. The molecule has 1 aromatic carbocycles. The summed E-state index contributed by atoms with van der Waals surface area (Å²) < 4.78 is 32.5. The quantitative estimate of drug-likeness (QED) is 0.773. The summed E-state index contributed by atoms with van der Waals surface area (Å²) >= 11 is 0. The molecule has 0 spiro atoms. The molecule has 1 aliphatic rings. The number of amides is 2. The van der Waals surface area contributed by atoms with Gasteiger partial charge in [0.25, 0.3) is 5.91 Å². The molecular weight excluding hydrogens is 326 g/mol. The fourth-order valence-electron chi connectivity index (χ4n) is 2.44. The van der Waals surface area contributed by atoms with Crippen molar-refractivity contribution in [1.82, 2.24) is 0 Å². The Kier molecular flexibility index (Phi) is 5.13. The van der Waals surface area contributed by atoms with Crippen molar-refractivity contribution in [3.63, 3.8) is 0 Å². The van der Waals surface area contributed by atoms with Crippen LogP contribution < -0.4 is 10.6 Å². The third-order valence-corrected chi connectivity index (χ3v) is 3.57. The average molecular weight is 342 g/mol. The summed E-state index contributed by atoms with van der Waals surface area (Å²) in [4.78, 5) is 34.1. The molecule has 2 amide bonds. The first kappa shape index (κ1) is 17.8. The summed E-state index contributed by atoms with van der Waals surface area (Å²) in [6.45, 7) is 2.78.